The Hall–Kier alpha value is -1.28. The number of methoxy groups -OCH3 is 1. The number of allylic oxidation sites excluding steroid dienone is 2. The second-order valence-corrected chi connectivity index (χ2v) is 8.56. The van der Waals surface area contributed by atoms with Crippen molar-refractivity contribution in [1.29, 1.82) is 0 Å². The highest BCUT2D eigenvalue weighted by Crippen LogP contribution is 2.43. The molecule has 3 aliphatic rings. The molecule has 1 aromatic carbocycles. The van der Waals surface area contributed by atoms with Gasteiger partial charge in [0.15, 0.2) is 0 Å². The monoisotopic (exact) mass is 354 g/mol. The van der Waals surface area contributed by atoms with Gasteiger partial charge in [0.1, 0.15) is 6.10 Å². The lowest BCUT2D eigenvalue weighted by atomic mass is 9.81. The minimum atomic E-state index is 0.269. The number of hydrogen-bond donors (Lipinski definition) is 0. The molecule has 2 unspecified atom stereocenters. The summed E-state index contributed by atoms with van der Waals surface area (Å²) in [5.74, 6) is 2.93. The van der Waals surface area contributed by atoms with Crippen LogP contribution in [0.5, 0.6) is 0 Å². The van der Waals surface area contributed by atoms with E-state index in [9.17, 15) is 0 Å². The number of hydrogen-bond acceptors (Lipinski definition) is 2. The molecule has 0 aromatic heterocycles. The van der Waals surface area contributed by atoms with E-state index in [1.165, 1.54) is 68.3 Å². The second kappa shape index (κ2) is 8.17. The lowest BCUT2D eigenvalue weighted by molar-refractivity contribution is 0.0658. The average Bonchev–Trinajstić information content (AvgIpc) is 2.73. The number of ether oxygens (including phenoxy) is 2. The molecule has 2 aliphatic carbocycles. The van der Waals surface area contributed by atoms with Gasteiger partial charge in [-0.1, -0.05) is 37.6 Å². The van der Waals surface area contributed by atoms with Crippen LogP contribution in [0.15, 0.2) is 35.6 Å². The van der Waals surface area contributed by atoms with Gasteiger partial charge in [0.2, 0.25) is 0 Å². The highest BCUT2D eigenvalue weighted by atomic mass is 16.5. The van der Waals surface area contributed by atoms with Gasteiger partial charge in [-0.05, 0) is 79.9 Å². The van der Waals surface area contributed by atoms with E-state index in [0.29, 0.717) is 12.0 Å². The fourth-order valence-electron chi connectivity index (χ4n) is 5.19. The molecule has 0 N–H and O–H groups in total. The third-order valence-corrected chi connectivity index (χ3v) is 7.07. The van der Waals surface area contributed by atoms with Crippen LogP contribution in [0.4, 0.5) is 0 Å². The molecule has 2 nitrogen and oxygen atoms in total. The van der Waals surface area contributed by atoms with Crippen molar-refractivity contribution in [2.45, 2.75) is 89.3 Å². The van der Waals surface area contributed by atoms with Crippen molar-refractivity contribution < 1.29 is 9.47 Å². The highest BCUT2D eigenvalue weighted by molar-refractivity contribution is 5.29. The predicted molar refractivity (Wildman–Crippen MR) is 106 cm³/mol. The predicted octanol–water partition coefficient (Wildman–Crippen LogP) is 6.67. The van der Waals surface area contributed by atoms with E-state index in [1.54, 1.807) is 5.57 Å². The summed E-state index contributed by atoms with van der Waals surface area (Å²) in [4.78, 5) is 0. The summed E-state index contributed by atoms with van der Waals surface area (Å²) in [6.45, 7) is 2.33. The summed E-state index contributed by atoms with van der Waals surface area (Å²) in [7, 11) is 1.85. The Kier molecular flexibility index (Phi) is 5.69. The molecule has 0 spiro atoms. The first-order chi connectivity index (χ1) is 12.8. The molecule has 0 saturated heterocycles. The van der Waals surface area contributed by atoms with Gasteiger partial charge in [-0.2, -0.15) is 0 Å². The van der Waals surface area contributed by atoms with E-state index in [0.717, 1.165) is 18.8 Å². The molecule has 4 rings (SSSR count). The minimum absolute atomic E-state index is 0.269. The van der Waals surface area contributed by atoms with E-state index < -0.39 is 0 Å². The van der Waals surface area contributed by atoms with E-state index in [1.807, 2.05) is 7.11 Å². The summed E-state index contributed by atoms with van der Waals surface area (Å²) in [6.07, 6.45) is 13.1. The van der Waals surface area contributed by atoms with Crippen molar-refractivity contribution in [2.24, 2.45) is 5.92 Å². The maximum absolute atomic E-state index is 6.45. The Labute approximate surface area is 159 Å². The first-order valence-corrected chi connectivity index (χ1v) is 10.8. The zero-order valence-electron chi connectivity index (χ0n) is 16.5. The van der Waals surface area contributed by atoms with Crippen molar-refractivity contribution in [3.05, 3.63) is 46.7 Å². The van der Waals surface area contributed by atoms with Crippen molar-refractivity contribution in [1.82, 2.24) is 0 Å². The van der Waals surface area contributed by atoms with Crippen LogP contribution >= 0.6 is 0 Å². The fraction of sp³-hybridized carbons (Fsp3) is 0.667. The topological polar surface area (TPSA) is 18.5 Å². The molecule has 1 aliphatic heterocycles. The molecule has 26 heavy (non-hydrogen) atoms. The molecule has 0 bridgehead atoms. The average molecular weight is 355 g/mol. The summed E-state index contributed by atoms with van der Waals surface area (Å²) >= 11 is 0. The quantitative estimate of drug-likeness (QED) is 0.601. The van der Waals surface area contributed by atoms with Crippen LogP contribution in [-0.2, 0) is 9.47 Å². The van der Waals surface area contributed by atoms with Gasteiger partial charge in [-0.3, -0.25) is 0 Å². The van der Waals surface area contributed by atoms with Gasteiger partial charge in [-0.25, -0.2) is 0 Å². The minimum Gasteiger partial charge on any atom is -0.490 e. The summed E-state index contributed by atoms with van der Waals surface area (Å²) in [5.41, 5.74) is 4.48. The maximum Gasteiger partial charge on any atom is 0.124 e. The van der Waals surface area contributed by atoms with Gasteiger partial charge in [0, 0.05) is 13.5 Å². The number of benzene rings is 1. The molecule has 1 saturated carbocycles. The zero-order chi connectivity index (χ0) is 17.9. The van der Waals surface area contributed by atoms with Crippen molar-refractivity contribution >= 4 is 0 Å². The van der Waals surface area contributed by atoms with Gasteiger partial charge < -0.3 is 9.47 Å². The molecule has 2 atom stereocenters. The molecule has 2 heteroatoms. The van der Waals surface area contributed by atoms with Gasteiger partial charge in [0.25, 0.3) is 0 Å². The Bertz CT molecular complexity index is 622. The molecule has 142 valence electrons. The van der Waals surface area contributed by atoms with E-state index >= 15 is 0 Å². The van der Waals surface area contributed by atoms with Crippen LogP contribution in [0.3, 0.4) is 0 Å². The number of rotatable bonds is 4. The van der Waals surface area contributed by atoms with Crippen LogP contribution in [-0.4, -0.2) is 13.2 Å². The normalized spacial score (nSPS) is 32.1. The Balaban J connectivity index is 1.38. The van der Waals surface area contributed by atoms with E-state index in [2.05, 4.69) is 31.2 Å². The Morgan fingerprint density at radius 2 is 1.65 bits per heavy atom. The molecule has 1 fully saturated rings. The SMILES string of the molecule is CCC1CCC2=C(CCC(c3ccc(C4CCC(OC)CC4)cc3)O2)C1. The third kappa shape index (κ3) is 3.86. The third-order valence-electron chi connectivity index (χ3n) is 7.07. The zero-order valence-corrected chi connectivity index (χ0v) is 16.5. The van der Waals surface area contributed by atoms with E-state index in [4.69, 9.17) is 9.47 Å². The summed E-state index contributed by atoms with van der Waals surface area (Å²) < 4.78 is 12.0. The smallest absolute Gasteiger partial charge is 0.124 e. The molecule has 0 amide bonds. The molecular weight excluding hydrogens is 320 g/mol. The van der Waals surface area contributed by atoms with Gasteiger partial charge >= 0.3 is 0 Å². The van der Waals surface area contributed by atoms with Crippen molar-refractivity contribution in [3.8, 4) is 0 Å². The maximum atomic E-state index is 6.45. The summed E-state index contributed by atoms with van der Waals surface area (Å²) in [5, 5.41) is 0. The molecular formula is C24H34O2. The molecule has 0 radical (unpaired) electrons. The lowest BCUT2D eigenvalue weighted by Gasteiger charge is -2.34. The second-order valence-electron chi connectivity index (χ2n) is 8.56. The van der Waals surface area contributed by atoms with Crippen LogP contribution in [0.25, 0.3) is 0 Å². The largest absolute Gasteiger partial charge is 0.490 e. The first kappa shape index (κ1) is 18.1. The van der Waals surface area contributed by atoms with Gasteiger partial charge in [-0.15, -0.1) is 0 Å². The van der Waals surface area contributed by atoms with Crippen LogP contribution < -0.4 is 0 Å². The van der Waals surface area contributed by atoms with Crippen LogP contribution in [0, 0.1) is 5.92 Å². The van der Waals surface area contributed by atoms with Crippen molar-refractivity contribution in [3.63, 3.8) is 0 Å². The van der Waals surface area contributed by atoms with Crippen LogP contribution in [0.1, 0.15) is 94.3 Å². The van der Waals surface area contributed by atoms with E-state index in [-0.39, 0.29) is 6.10 Å². The van der Waals surface area contributed by atoms with Gasteiger partial charge in [0.05, 0.1) is 11.9 Å². The lowest BCUT2D eigenvalue weighted by Crippen LogP contribution is -2.20. The standard InChI is InChI=1S/C24H34O2/c1-3-17-4-14-24-21(16-17)11-15-23(26-24)20-7-5-18(6-8-20)19-9-12-22(25-2)13-10-19/h5-8,17,19,22-23H,3-4,9-16H2,1-2H3. The Morgan fingerprint density at radius 3 is 2.35 bits per heavy atom. The highest BCUT2D eigenvalue weighted by Gasteiger charge is 2.28. The van der Waals surface area contributed by atoms with Crippen LogP contribution in [0.2, 0.25) is 0 Å². The van der Waals surface area contributed by atoms with Crippen molar-refractivity contribution in [2.75, 3.05) is 7.11 Å². The Morgan fingerprint density at radius 1 is 0.923 bits per heavy atom. The molecule has 1 aromatic rings. The fourth-order valence-corrected chi connectivity index (χ4v) is 5.19. The molecule has 1 heterocycles. The first-order valence-electron chi connectivity index (χ1n) is 10.8. The summed E-state index contributed by atoms with van der Waals surface area (Å²) in [6, 6.07) is 9.36.